The number of aliphatic hydroxyl groups is 1. The summed E-state index contributed by atoms with van der Waals surface area (Å²) in [6, 6.07) is 7.79. The SMILES string of the molecule is Cc1cc(C(=O)N(C)C)ccc1N(C1CC(F)(F)C1)S(=O)(=O)c1ccc(OCC2CCOCC2)c(CO)c1. The topological polar surface area (TPSA) is 96.4 Å². The summed E-state index contributed by atoms with van der Waals surface area (Å²) in [6.07, 6.45) is 0.507. The molecule has 2 aromatic rings. The van der Waals surface area contributed by atoms with Crippen LogP contribution in [0.2, 0.25) is 0 Å². The quantitative estimate of drug-likeness (QED) is 0.506. The Morgan fingerprint density at radius 2 is 1.82 bits per heavy atom. The van der Waals surface area contributed by atoms with Crippen molar-refractivity contribution in [3.63, 3.8) is 0 Å². The molecule has 0 unspecified atom stereocenters. The summed E-state index contributed by atoms with van der Waals surface area (Å²) >= 11 is 0. The van der Waals surface area contributed by atoms with Crippen molar-refractivity contribution in [3.8, 4) is 5.75 Å². The van der Waals surface area contributed by atoms with Gasteiger partial charge in [-0.25, -0.2) is 17.2 Å². The van der Waals surface area contributed by atoms with E-state index in [0.29, 0.717) is 48.2 Å². The van der Waals surface area contributed by atoms with Crippen molar-refractivity contribution in [1.82, 2.24) is 4.90 Å². The fourth-order valence-electron chi connectivity index (χ4n) is 4.83. The Hall–Kier alpha value is -2.76. The molecule has 0 atom stereocenters. The number of aryl methyl sites for hydroxylation is 1. The van der Waals surface area contributed by atoms with Gasteiger partial charge in [0, 0.05) is 51.3 Å². The number of nitrogens with zero attached hydrogens (tertiary/aromatic N) is 2. The standard InChI is InChI=1S/C27H34F2N2O6S/c1-18-12-20(26(33)30(2)3)4-6-24(18)31(22-14-27(28,29)15-22)38(34,35)23-5-7-25(21(13-23)16-32)37-17-19-8-10-36-11-9-19/h4-7,12-13,19,22,32H,8-11,14-17H2,1-3H3. The molecule has 1 saturated heterocycles. The molecule has 38 heavy (non-hydrogen) atoms. The van der Waals surface area contributed by atoms with Gasteiger partial charge >= 0.3 is 0 Å². The molecule has 0 aromatic heterocycles. The zero-order valence-electron chi connectivity index (χ0n) is 21.8. The molecule has 2 aromatic carbocycles. The molecule has 1 amide bonds. The Morgan fingerprint density at radius 3 is 2.39 bits per heavy atom. The van der Waals surface area contributed by atoms with Gasteiger partial charge in [-0.05, 0) is 67.6 Å². The van der Waals surface area contributed by atoms with Crippen LogP contribution in [0.4, 0.5) is 14.5 Å². The number of hydrogen-bond donors (Lipinski definition) is 1. The second-order valence-corrected chi connectivity index (χ2v) is 12.0. The third-order valence-corrected chi connectivity index (χ3v) is 8.92. The predicted molar refractivity (Wildman–Crippen MR) is 138 cm³/mol. The van der Waals surface area contributed by atoms with Crippen molar-refractivity contribution in [2.75, 3.05) is 38.2 Å². The number of anilines is 1. The van der Waals surface area contributed by atoms with E-state index in [1.54, 1.807) is 27.1 Å². The second-order valence-electron chi connectivity index (χ2n) is 10.2. The van der Waals surface area contributed by atoms with Crippen LogP contribution >= 0.6 is 0 Å². The minimum Gasteiger partial charge on any atom is -0.493 e. The zero-order valence-corrected chi connectivity index (χ0v) is 22.6. The van der Waals surface area contributed by atoms with Crippen molar-refractivity contribution in [1.29, 1.82) is 0 Å². The Kier molecular flexibility index (Phi) is 8.29. The molecule has 0 spiro atoms. The molecular formula is C27H34F2N2O6S. The molecule has 11 heteroatoms. The third-order valence-electron chi connectivity index (χ3n) is 7.06. The molecule has 0 bridgehead atoms. The zero-order chi connectivity index (χ0) is 27.7. The Morgan fingerprint density at radius 1 is 1.13 bits per heavy atom. The third kappa shape index (κ3) is 5.94. The van der Waals surface area contributed by atoms with E-state index in [1.165, 1.54) is 35.2 Å². The van der Waals surface area contributed by atoms with E-state index in [1.807, 2.05) is 0 Å². The molecule has 1 saturated carbocycles. The first-order valence-electron chi connectivity index (χ1n) is 12.6. The normalized spacial score (nSPS) is 18.1. The average molecular weight is 553 g/mol. The average Bonchev–Trinajstić information content (AvgIpc) is 2.87. The van der Waals surface area contributed by atoms with Gasteiger partial charge in [0.05, 0.1) is 29.8 Å². The smallest absolute Gasteiger partial charge is 0.264 e. The molecule has 4 rings (SSSR count). The molecular weight excluding hydrogens is 518 g/mol. The molecule has 2 fully saturated rings. The van der Waals surface area contributed by atoms with E-state index in [2.05, 4.69) is 0 Å². The molecule has 1 N–H and O–H groups in total. The maximum Gasteiger partial charge on any atom is 0.264 e. The number of benzene rings is 2. The van der Waals surface area contributed by atoms with Crippen molar-refractivity contribution in [2.45, 2.75) is 56.1 Å². The lowest BCUT2D eigenvalue weighted by atomic mass is 9.87. The van der Waals surface area contributed by atoms with Gasteiger partial charge in [-0.1, -0.05) is 0 Å². The van der Waals surface area contributed by atoms with Crippen LogP contribution in [-0.4, -0.2) is 70.2 Å². The summed E-state index contributed by atoms with van der Waals surface area (Å²) in [5.41, 5.74) is 1.35. The van der Waals surface area contributed by atoms with Crippen molar-refractivity contribution < 1.29 is 36.6 Å². The Labute approximate surface area is 222 Å². The summed E-state index contributed by atoms with van der Waals surface area (Å²) in [4.78, 5) is 13.7. The molecule has 0 radical (unpaired) electrons. The fourth-order valence-corrected chi connectivity index (χ4v) is 6.59. The van der Waals surface area contributed by atoms with Crippen molar-refractivity contribution in [2.24, 2.45) is 5.92 Å². The van der Waals surface area contributed by atoms with Crippen LogP contribution in [-0.2, 0) is 21.4 Å². The number of rotatable bonds is 9. The second kappa shape index (κ2) is 11.2. The number of hydrogen-bond acceptors (Lipinski definition) is 6. The number of halogens is 2. The van der Waals surface area contributed by atoms with Gasteiger partial charge in [0.15, 0.2) is 0 Å². The summed E-state index contributed by atoms with van der Waals surface area (Å²) in [5, 5.41) is 9.96. The van der Waals surface area contributed by atoms with Gasteiger partial charge in [-0.15, -0.1) is 0 Å². The van der Waals surface area contributed by atoms with Gasteiger partial charge < -0.3 is 19.5 Å². The lowest BCUT2D eigenvalue weighted by molar-refractivity contribution is -0.0826. The van der Waals surface area contributed by atoms with Crippen LogP contribution in [0.15, 0.2) is 41.3 Å². The van der Waals surface area contributed by atoms with Gasteiger partial charge in [0.1, 0.15) is 5.75 Å². The number of carbonyl (C=O) groups excluding carboxylic acids is 1. The number of ether oxygens (including phenoxy) is 2. The van der Waals surface area contributed by atoms with E-state index in [0.717, 1.165) is 17.1 Å². The first-order valence-corrected chi connectivity index (χ1v) is 14.1. The highest BCUT2D eigenvalue weighted by molar-refractivity contribution is 7.92. The highest BCUT2D eigenvalue weighted by atomic mass is 32.2. The van der Waals surface area contributed by atoms with Crippen molar-refractivity contribution >= 4 is 21.6 Å². The van der Waals surface area contributed by atoms with Crippen LogP contribution in [0.25, 0.3) is 0 Å². The lowest BCUT2D eigenvalue weighted by Crippen LogP contribution is -2.53. The lowest BCUT2D eigenvalue weighted by Gasteiger charge is -2.43. The largest absolute Gasteiger partial charge is 0.493 e. The van der Waals surface area contributed by atoms with Crippen LogP contribution in [0.3, 0.4) is 0 Å². The highest BCUT2D eigenvalue weighted by Crippen LogP contribution is 2.45. The van der Waals surface area contributed by atoms with E-state index in [4.69, 9.17) is 9.47 Å². The summed E-state index contributed by atoms with van der Waals surface area (Å²) in [5.74, 6) is -2.53. The number of sulfonamides is 1. The first-order chi connectivity index (χ1) is 17.9. The van der Waals surface area contributed by atoms with Crippen LogP contribution in [0.1, 0.15) is 47.2 Å². The Bertz CT molecular complexity index is 1270. The maximum absolute atomic E-state index is 13.9. The fraction of sp³-hybridized carbons (Fsp3) is 0.519. The molecule has 1 heterocycles. The van der Waals surface area contributed by atoms with Gasteiger partial charge in [0.25, 0.3) is 21.9 Å². The van der Waals surface area contributed by atoms with Gasteiger partial charge in [-0.3, -0.25) is 9.10 Å². The summed E-state index contributed by atoms with van der Waals surface area (Å²) in [7, 11) is -1.09. The molecule has 1 aliphatic heterocycles. The molecule has 1 aliphatic carbocycles. The van der Waals surface area contributed by atoms with Crippen LogP contribution < -0.4 is 9.04 Å². The number of amides is 1. The van der Waals surface area contributed by atoms with Crippen LogP contribution in [0.5, 0.6) is 5.75 Å². The summed E-state index contributed by atoms with van der Waals surface area (Å²) in [6.45, 7) is 2.94. The number of alkyl halides is 2. The van der Waals surface area contributed by atoms with E-state index >= 15 is 0 Å². The van der Waals surface area contributed by atoms with Gasteiger partial charge in [0.2, 0.25) is 0 Å². The summed E-state index contributed by atoms with van der Waals surface area (Å²) < 4.78 is 67.9. The molecule has 208 valence electrons. The van der Waals surface area contributed by atoms with Crippen molar-refractivity contribution in [3.05, 3.63) is 53.1 Å². The molecule has 8 nitrogen and oxygen atoms in total. The van der Waals surface area contributed by atoms with E-state index < -0.39 is 41.4 Å². The monoisotopic (exact) mass is 552 g/mol. The van der Waals surface area contributed by atoms with Gasteiger partial charge in [-0.2, -0.15) is 0 Å². The maximum atomic E-state index is 13.9. The minimum absolute atomic E-state index is 0.136. The highest BCUT2D eigenvalue weighted by Gasteiger charge is 2.51. The number of aliphatic hydroxyl groups excluding tert-OH is 1. The minimum atomic E-state index is -4.30. The van der Waals surface area contributed by atoms with Crippen LogP contribution in [0, 0.1) is 12.8 Å². The van der Waals surface area contributed by atoms with E-state index in [-0.39, 0.29) is 16.5 Å². The Balaban J connectivity index is 1.66. The number of carbonyl (C=O) groups is 1. The van der Waals surface area contributed by atoms with E-state index in [9.17, 15) is 27.1 Å². The predicted octanol–water partition coefficient (Wildman–Crippen LogP) is 3.99. The molecule has 2 aliphatic rings. The first kappa shape index (κ1) is 28.3.